The van der Waals surface area contributed by atoms with Gasteiger partial charge in [-0.05, 0) is 72.1 Å². The zero-order chi connectivity index (χ0) is 18.3. The number of aryl methyl sites for hydroxylation is 2. The van der Waals surface area contributed by atoms with Gasteiger partial charge in [0.25, 0.3) is 0 Å². The van der Waals surface area contributed by atoms with Crippen molar-refractivity contribution in [1.29, 1.82) is 0 Å². The fourth-order valence-corrected chi connectivity index (χ4v) is 3.06. The van der Waals surface area contributed by atoms with Crippen LogP contribution in [-0.2, 0) is 6.54 Å². The molecule has 0 saturated carbocycles. The quantitative estimate of drug-likeness (QED) is 0.479. The van der Waals surface area contributed by atoms with Crippen LogP contribution in [0, 0.1) is 13.8 Å². The van der Waals surface area contributed by atoms with Crippen LogP contribution in [-0.4, -0.2) is 20.2 Å². The fraction of sp³-hybridized carbons (Fsp3) is 0.158. The highest BCUT2D eigenvalue weighted by Gasteiger charge is 2.11. The molecule has 0 fully saturated rings. The predicted molar refractivity (Wildman–Crippen MR) is 102 cm³/mol. The molecule has 0 radical (unpaired) electrons. The van der Waals surface area contributed by atoms with Crippen molar-refractivity contribution in [1.82, 2.24) is 20.2 Å². The molecule has 0 amide bonds. The second-order valence-corrected chi connectivity index (χ2v) is 7.09. The molecule has 4 rings (SSSR count). The zero-order valence-electron chi connectivity index (χ0n) is 14.2. The van der Waals surface area contributed by atoms with Gasteiger partial charge in [0, 0.05) is 21.5 Å². The van der Waals surface area contributed by atoms with Gasteiger partial charge >= 0.3 is 5.63 Å². The number of rotatable bonds is 3. The van der Waals surface area contributed by atoms with E-state index < -0.39 is 0 Å². The van der Waals surface area contributed by atoms with Gasteiger partial charge in [0.1, 0.15) is 5.58 Å². The van der Waals surface area contributed by atoms with Crippen LogP contribution in [0.4, 0.5) is 0 Å². The maximum atomic E-state index is 11.9. The molecule has 0 atom stereocenters. The van der Waals surface area contributed by atoms with E-state index in [1.165, 1.54) is 10.9 Å². The van der Waals surface area contributed by atoms with E-state index in [-0.39, 0.29) is 5.63 Å². The Labute approximate surface area is 157 Å². The molecule has 7 heteroatoms. The minimum Gasteiger partial charge on any atom is -0.423 e. The summed E-state index contributed by atoms with van der Waals surface area (Å²) in [5.74, 6) is 0.539. The minimum absolute atomic E-state index is 0.341. The van der Waals surface area contributed by atoms with E-state index in [9.17, 15) is 4.79 Å². The lowest BCUT2D eigenvalue weighted by molar-refractivity contribution is 0.545. The second kappa shape index (κ2) is 6.49. The number of aromatic nitrogens is 4. The summed E-state index contributed by atoms with van der Waals surface area (Å²) in [7, 11) is 0. The van der Waals surface area contributed by atoms with E-state index in [1.54, 1.807) is 0 Å². The summed E-state index contributed by atoms with van der Waals surface area (Å²) >= 11 is 3.41. The smallest absolute Gasteiger partial charge is 0.336 e. The normalized spacial score (nSPS) is 11.2. The topological polar surface area (TPSA) is 73.8 Å². The van der Waals surface area contributed by atoms with Crippen LogP contribution in [0.25, 0.3) is 22.4 Å². The van der Waals surface area contributed by atoms with Gasteiger partial charge in [0.05, 0.1) is 6.54 Å². The van der Waals surface area contributed by atoms with Crippen molar-refractivity contribution in [2.75, 3.05) is 0 Å². The Morgan fingerprint density at radius 2 is 1.81 bits per heavy atom. The van der Waals surface area contributed by atoms with E-state index in [4.69, 9.17) is 4.42 Å². The average molecular weight is 411 g/mol. The molecule has 0 aliphatic heterocycles. The van der Waals surface area contributed by atoms with Gasteiger partial charge in [-0.1, -0.05) is 15.9 Å². The van der Waals surface area contributed by atoms with Crippen molar-refractivity contribution >= 4 is 26.9 Å². The molecule has 6 nitrogen and oxygen atoms in total. The van der Waals surface area contributed by atoms with Gasteiger partial charge in [0.2, 0.25) is 5.82 Å². The van der Waals surface area contributed by atoms with Crippen molar-refractivity contribution in [3.63, 3.8) is 0 Å². The molecular weight excluding hydrogens is 396 g/mol. The van der Waals surface area contributed by atoms with E-state index in [0.717, 1.165) is 32.1 Å². The average Bonchev–Trinajstić information content (AvgIpc) is 3.06. The summed E-state index contributed by atoms with van der Waals surface area (Å²) in [6, 6.07) is 13.1. The zero-order valence-corrected chi connectivity index (χ0v) is 15.8. The van der Waals surface area contributed by atoms with E-state index >= 15 is 0 Å². The number of hydrogen-bond acceptors (Lipinski definition) is 5. The van der Waals surface area contributed by atoms with Crippen LogP contribution in [0.3, 0.4) is 0 Å². The number of nitrogens with zero attached hydrogens (tertiary/aromatic N) is 4. The Balaban J connectivity index is 1.73. The van der Waals surface area contributed by atoms with Crippen LogP contribution in [0.1, 0.15) is 16.7 Å². The summed E-state index contributed by atoms with van der Waals surface area (Å²) < 4.78 is 6.32. The van der Waals surface area contributed by atoms with Crippen LogP contribution in [0.15, 0.2) is 56.1 Å². The second-order valence-electron chi connectivity index (χ2n) is 6.17. The van der Waals surface area contributed by atoms with Crippen LogP contribution >= 0.6 is 15.9 Å². The third kappa shape index (κ3) is 3.17. The van der Waals surface area contributed by atoms with Crippen molar-refractivity contribution in [2.24, 2.45) is 0 Å². The Bertz CT molecular complexity index is 1160. The van der Waals surface area contributed by atoms with Crippen LogP contribution < -0.4 is 5.63 Å². The van der Waals surface area contributed by atoms with E-state index in [1.807, 2.05) is 50.2 Å². The van der Waals surface area contributed by atoms with Crippen molar-refractivity contribution in [3.8, 4) is 11.4 Å². The molecule has 0 saturated heterocycles. The van der Waals surface area contributed by atoms with Gasteiger partial charge in [0.15, 0.2) is 0 Å². The standard InChI is InChI=1S/C19H15BrN4O2/c1-11-7-16-14(9-18(25)26-17(16)8-12(11)2)10-24-22-19(21-23-24)13-3-5-15(20)6-4-13/h3-9H,10H2,1-2H3. The van der Waals surface area contributed by atoms with Crippen LogP contribution in [0.2, 0.25) is 0 Å². The molecule has 4 aromatic rings. The molecule has 2 heterocycles. The molecule has 0 spiro atoms. The summed E-state index contributed by atoms with van der Waals surface area (Å²) in [6.07, 6.45) is 0. The SMILES string of the molecule is Cc1cc2oc(=O)cc(Cn3nnc(-c4ccc(Br)cc4)n3)c2cc1C. The first-order valence-electron chi connectivity index (χ1n) is 8.07. The third-order valence-corrected chi connectivity index (χ3v) is 4.84. The molecule has 0 bridgehead atoms. The molecule has 2 aromatic heterocycles. The maximum absolute atomic E-state index is 11.9. The fourth-order valence-electron chi connectivity index (χ4n) is 2.79. The highest BCUT2D eigenvalue weighted by atomic mass is 79.9. The summed E-state index contributed by atoms with van der Waals surface area (Å²) in [5.41, 5.74) is 4.08. The Hall–Kier alpha value is -2.80. The van der Waals surface area contributed by atoms with Crippen molar-refractivity contribution < 1.29 is 4.42 Å². The monoisotopic (exact) mass is 410 g/mol. The summed E-state index contributed by atoms with van der Waals surface area (Å²) in [6.45, 7) is 4.36. The van der Waals surface area contributed by atoms with Crippen LogP contribution in [0.5, 0.6) is 0 Å². The predicted octanol–water partition coefficient (Wildman–Crippen LogP) is 3.87. The molecule has 26 heavy (non-hydrogen) atoms. The highest BCUT2D eigenvalue weighted by molar-refractivity contribution is 9.10. The molecule has 130 valence electrons. The van der Waals surface area contributed by atoms with Gasteiger partial charge in [-0.3, -0.25) is 0 Å². The number of benzene rings is 2. The Morgan fingerprint density at radius 1 is 1.08 bits per heavy atom. The Kier molecular flexibility index (Phi) is 4.16. The van der Waals surface area contributed by atoms with Gasteiger partial charge in [-0.15, -0.1) is 10.2 Å². The molecular formula is C19H15BrN4O2. The lowest BCUT2D eigenvalue weighted by Crippen LogP contribution is -2.08. The van der Waals surface area contributed by atoms with Gasteiger partial charge in [-0.2, -0.15) is 4.80 Å². The first kappa shape index (κ1) is 16.7. The first-order chi connectivity index (χ1) is 12.5. The molecule has 0 unspecified atom stereocenters. The van der Waals surface area contributed by atoms with Gasteiger partial charge in [-0.25, -0.2) is 4.79 Å². The molecule has 0 aliphatic carbocycles. The first-order valence-corrected chi connectivity index (χ1v) is 8.86. The van der Waals surface area contributed by atoms with Crippen molar-refractivity contribution in [2.45, 2.75) is 20.4 Å². The minimum atomic E-state index is -0.385. The lowest BCUT2D eigenvalue weighted by atomic mass is 10.0. The number of hydrogen-bond donors (Lipinski definition) is 0. The third-order valence-electron chi connectivity index (χ3n) is 4.31. The number of tetrazole rings is 1. The largest absolute Gasteiger partial charge is 0.423 e. The highest BCUT2D eigenvalue weighted by Crippen LogP contribution is 2.22. The number of fused-ring (bicyclic) bond motifs is 1. The molecule has 2 aromatic carbocycles. The molecule has 0 aliphatic rings. The van der Waals surface area contributed by atoms with Crippen molar-refractivity contribution in [3.05, 3.63) is 74.0 Å². The molecule has 0 N–H and O–H groups in total. The Morgan fingerprint density at radius 3 is 2.58 bits per heavy atom. The lowest BCUT2D eigenvalue weighted by Gasteiger charge is -2.07. The number of halogens is 1. The van der Waals surface area contributed by atoms with E-state index in [0.29, 0.717) is 18.0 Å². The van der Waals surface area contributed by atoms with E-state index in [2.05, 4.69) is 31.3 Å². The van der Waals surface area contributed by atoms with Gasteiger partial charge < -0.3 is 4.42 Å². The summed E-state index contributed by atoms with van der Waals surface area (Å²) in [4.78, 5) is 13.4. The maximum Gasteiger partial charge on any atom is 0.336 e. The summed E-state index contributed by atoms with van der Waals surface area (Å²) in [5, 5.41) is 13.5.